The molecule has 0 unspecified atom stereocenters. The zero-order chi connectivity index (χ0) is 14.5. The van der Waals surface area contributed by atoms with Crippen LogP contribution in [-0.4, -0.2) is 21.0 Å². The third kappa shape index (κ3) is 3.67. The van der Waals surface area contributed by atoms with Gasteiger partial charge in [-0.25, -0.2) is 4.98 Å². The van der Waals surface area contributed by atoms with Crippen molar-refractivity contribution in [3.8, 4) is 6.01 Å². The van der Waals surface area contributed by atoms with Gasteiger partial charge in [0.05, 0.1) is 0 Å². The molecule has 0 atom stereocenters. The number of nitrogens with two attached hydrogens (primary N) is 1. The summed E-state index contributed by atoms with van der Waals surface area (Å²) in [6.07, 6.45) is 0. The van der Waals surface area contributed by atoms with Crippen molar-refractivity contribution in [1.29, 1.82) is 0 Å². The number of oxime groups is 1. The minimum absolute atomic E-state index is 0.0807. The van der Waals surface area contributed by atoms with Crippen molar-refractivity contribution in [2.75, 3.05) is 0 Å². The molecule has 0 saturated heterocycles. The fourth-order valence-corrected chi connectivity index (χ4v) is 2.01. The van der Waals surface area contributed by atoms with E-state index in [9.17, 15) is 0 Å². The van der Waals surface area contributed by atoms with E-state index in [1.54, 1.807) is 13.0 Å². The Bertz CT molecular complexity index is 646. The van der Waals surface area contributed by atoms with Crippen LogP contribution in [0.2, 0.25) is 0 Å². The van der Waals surface area contributed by atoms with E-state index in [-0.39, 0.29) is 11.8 Å². The Morgan fingerprint density at radius 1 is 1.40 bits per heavy atom. The number of nitrogens with zero attached hydrogens (tertiary/aromatic N) is 3. The second-order valence-corrected chi connectivity index (χ2v) is 5.00. The molecule has 0 radical (unpaired) electrons. The van der Waals surface area contributed by atoms with E-state index in [0.717, 1.165) is 10.0 Å². The van der Waals surface area contributed by atoms with Gasteiger partial charge < -0.3 is 15.7 Å². The molecule has 1 aromatic carbocycles. The smallest absolute Gasteiger partial charge is 0.317 e. The van der Waals surface area contributed by atoms with Crippen molar-refractivity contribution in [2.45, 2.75) is 13.5 Å². The highest BCUT2D eigenvalue weighted by molar-refractivity contribution is 9.10. The van der Waals surface area contributed by atoms with Gasteiger partial charge in [0.25, 0.3) is 0 Å². The van der Waals surface area contributed by atoms with Crippen LogP contribution in [0.4, 0.5) is 0 Å². The highest BCUT2D eigenvalue weighted by atomic mass is 79.9. The van der Waals surface area contributed by atoms with Crippen molar-refractivity contribution >= 4 is 21.8 Å². The molecule has 7 heteroatoms. The van der Waals surface area contributed by atoms with Gasteiger partial charge in [-0.1, -0.05) is 33.2 Å². The molecule has 6 nitrogen and oxygen atoms in total. The summed E-state index contributed by atoms with van der Waals surface area (Å²) in [5.41, 5.74) is 7.48. The summed E-state index contributed by atoms with van der Waals surface area (Å²) in [4.78, 5) is 8.23. The molecule has 2 rings (SSSR count). The van der Waals surface area contributed by atoms with E-state index in [0.29, 0.717) is 18.0 Å². The van der Waals surface area contributed by atoms with Crippen molar-refractivity contribution in [1.82, 2.24) is 9.97 Å². The van der Waals surface area contributed by atoms with Crippen molar-refractivity contribution in [3.05, 3.63) is 51.8 Å². The lowest BCUT2D eigenvalue weighted by Crippen LogP contribution is -2.16. The molecular formula is C13H13BrN4O2. The lowest BCUT2D eigenvalue weighted by atomic mass is 10.2. The molecule has 1 heterocycles. The molecule has 20 heavy (non-hydrogen) atoms. The Hall–Kier alpha value is -2.15. The minimum Gasteiger partial charge on any atom is -0.459 e. The van der Waals surface area contributed by atoms with E-state index in [4.69, 9.17) is 15.7 Å². The predicted molar refractivity (Wildman–Crippen MR) is 77.8 cm³/mol. The molecule has 0 aliphatic carbocycles. The lowest BCUT2D eigenvalue weighted by Gasteiger charge is -2.07. The van der Waals surface area contributed by atoms with Crippen LogP contribution in [0, 0.1) is 6.92 Å². The van der Waals surface area contributed by atoms with Crippen LogP contribution in [0.5, 0.6) is 6.01 Å². The standard InChI is InChI=1S/C13H13BrN4O2/c1-8-5-11(12(15)18-19)17-13(16-8)20-7-9-3-2-4-10(14)6-9/h2-6,19H,7H2,1H3,(H2,15,18). The number of aromatic nitrogens is 2. The maximum absolute atomic E-state index is 8.66. The van der Waals surface area contributed by atoms with Crippen molar-refractivity contribution < 1.29 is 9.94 Å². The Morgan fingerprint density at radius 3 is 2.90 bits per heavy atom. The maximum atomic E-state index is 8.66. The largest absolute Gasteiger partial charge is 0.459 e. The van der Waals surface area contributed by atoms with Gasteiger partial charge in [-0.15, -0.1) is 0 Å². The molecule has 0 aliphatic heterocycles. The minimum atomic E-state index is -0.0807. The number of hydrogen-bond donors (Lipinski definition) is 2. The summed E-state index contributed by atoms with van der Waals surface area (Å²) in [6.45, 7) is 2.11. The number of benzene rings is 1. The van der Waals surface area contributed by atoms with E-state index in [2.05, 4.69) is 31.1 Å². The molecule has 0 spiro atoms. The van der Waals surface area contributed by atoms with Gasteiger partial charge >= 0.3 is 6.01 Å². The quantitative estimate of drug-likeness (QED) is 0.386. The third-order valence-electron chi connectivity index (χ3n) is 2.46. The summed E-state index contributed by atoms with van der Waals surface area (Å²) >= 11 is 3.39. The number of aryl methyl sites for hydroxylation is 1. The van der Waals surface area contributed by atoms with Gasteiger partial charge in [0, 0.05) is 10.2 Å². The second-order valence-electron chi connectivity index (χ2n) is 4.08. The molecule has 1 aromatic heterocycles. The highest BCUT2D eigenvalue weighted by Gasteiger charge is 2.07. The van der Waals surface area contributed by atoms with Crippen LogP contribution in [0.1, 0.15) is 17.0 Å². The molecule has 0 fully saturated rings. The molecule has 3 N–H and O–H groups in total. The second kappa shape index (κ2) is 6.33. The summed E-state index contributed by atoms with van der Waals surface area (Å²) in [7, 11) is 0. The lowest BCUT2D eigenvalue weighted by molar-refractivity contribution is 0.279. The normalized spacial score (nSPS) is 11.4. The highest BCUT2D eigenvalue weighted by Crippen LogP contribution is 2.14. The Labute approximate surface area is 124 Å². The SMILES string of the molecule is Cc1cc(/C(N)=N/O)nc(OCc2cccc(Br)c2)n1. The first-order chi connectivity index (χ1) is 9.58. The molecule has 104 valence electrons. The van der Waals surface area contributed by atoms with Gasteiger partial charge in [-0.05, 0) is 30.7 Å². The summed E-state index contributed by atoms with van der Waals surface area (Å²) < 4.78 is 6.50. The number of amidine groups is 1. The zero-order valence-electron chi connectivity index (χ0n) is 10.7. The average molecular weight is 337 g/mol. The van der Waals surface area contributed by atoms with Crippen LogP contribution in [0.3, 0.4) is 0 Å². The molecule has 0 aliphatic rings. The molecule has 2 aromatic rings. The third-order valence-corrected chi connectivity index (χ3v) is 2.95. The molecule has 0 amide bonds. The van der Waals surface area contributed by atoms with Crippen LogP contribution in [0.15, 0.2) is 40.0 Å². The average Bonchev–Trinajstić information content (AvgIpc) is 2.44. The monoisotopic (exact) mass is 336 g/mol. The van der Waals surface area contributed by atoms with Gasteiger partial charge in [0.15, 0.2) is 5.84 Å². The number of rotatable bonds is 4. The van der Waals surface area contributed by atoms with Crippen LogP contribution in [-0.2, 0) is 6.61 Å². The summed E-state index contributed by atoms with van der Waals surface area (Å²) in [6, 6.07) is 9.53. The fourth-order valence-electron chi connectivity index (χ4n) is 1.56. The first-order valence-electron chi connectivity index (χ1n) is 5.79. The first kappa shape index (κ1) is 14.3. The van der Waals surface area contributed by atoms with E-state index in [1.807, 2.05) is 24.3 Å². The maximum Gasteiger partial charge on any atom is 0.317 e. The van der Waals surface area contributed by atoms with Gasteiger partial charge in [-0.2, -0.15) is 4.98 Å². The number of ether oxygens (including phenoxy) is 1. The molecule has 0 bridgehead atoms. The summed E-state index contributed by atoms with van der Waals surface area (Å²) in [5, 5.41) is 11.6. The molecular weight excluding hydrogens is 324 g/mol. The Balaban J connectivity index is 2.15. The Kier molecular flexibility index (Phi) is 4.52. The zero-order valence-corrected chi connectivity index (χ0v) is 12.3. The van der Waals surface area contributed by atoms with E-state index >= 15 is 0 Å². The number of hydrogen-bond acceptors (Lipinski definition) is 5. The van der Waals surface area contributed by atoms with Gasteiger partial charge in [-0.3, -0.25) is 0 Å². The number of halogens is 1. The van der Waals surface area contributed by atoms with Crippen molar-refractivity contribution in [2.24, 2.45) is 10.9 Å². The molecule has 0 saturated carbocycles. The Morgan fingerprint density at radius 2 is 2.20 bits per heavy atom. The van der Waals surface area contributed by atoms with Gasteiger partial charge in [0.1, 0.15) is 12.3 Å². The van der Waals surface area contributed by atoms with Crippen LogP contribution >= 0.6 is 15.9 Å². The van der Waals surface area contributed by atoms with Crippen LogP contribution < -0.4 is 10.5 Å². The van der Waals surface area contributed by atoms with Crippen molar-refractivity contribution in [3.63, 3.8) is 0 Å². The predicted octanol–water partition coefficient (Wildman–Crippen LogP) is 2.22. The first-order valence-corrected chi connectivity index (χ1v) is 6.58. The van der Waals surface area contributed by atoms with E-state index < -0.39 is 0 Å². The topological polar surface area (TPSA) is 93.6 Å². The summed E-state index contributed by atoms with van der Waals surface area (Å²) in [5.74, 6) is -0.0807. The fraction of sp³-hybridized carbons (Fsp3) is 0.154. The van der Waals surface area contributed by atoms with E-state index in [1.165, 1.54) is 0 Å². The van der Waals surface area contributed by atoms with Gasteiger partial charge in [0.2, 0.25) is 0 Å². The van der Waals surface area contributed by atoms with Crippen LogP contribution in [0.25, 0.3) is 0 Å².